The summed E-state index contributed by atoms with van der Waals surface area (Å²) < 4.78 is 11.3. The molecule has 1 aliphatic rings. The highest BCUT2D eigenvalue weighted by Gasteiger charge is 2.44. The fourth-order valence-corrected chi connectivity index (χ4v) is 3.19. The summed E-state index contributed by atoms with van der Waals surface area (Å²) in [6, 6.07) is -0.0853. The van der Waals surface area contributed by atoms with Crippen LogP contribution in [0.2, 0.25) is 19.6 Å². The van der Waals surface area contributed by atoms with Crippen molar-refractivity contribution in [3.63, 3.8) is 0 Å². The predicted molar refractivity (Wildman–Crippen MR) is 106 cm³/mol. The number of unbranched alkanes of at least 4 members (excludes halogenated alkanes) is 2. The van der Waals surface area contributed by atoms with Crippen LogP contribution in [0.25, 0.3) is 0 Å². The van der Waals surface area contributed by atoms with Gasteiger partial charge in [-0.3, -0.25) is 4.90 Å². The highest BCUT2D eigenvalue weighted by atomic mass is 28.3. The van der Waals surface area contributed by atoms with Gasteiger partial charge in [-0.1, -0.05) is 31.8 Å². The number of carbonyl (C=O) groups is 1. The quantitative estimate of drug-likeness (QED) is 0.306. The molecule has 25 heavy (non-hydrogen) atoms. The first-order chi connectivity index (χ1) is 11.3. The third kappa shape index (κ3) is 8.11. The highest BCUT2D eigenvalue weighted by Crippen LogP contribution is 2.30. The highest BCUT2D eigenvalue weighted by molar-refractivity contribution is 6.83. The molecule has 1 amide bonds. The second-order valence-electron chi connectivity index (χ2n) is 9.05. The van der Waals surface area contributed by atoms with E-state index in [1.807, 2.05) is 34.6 Å². The van der Waals surface area contributed by atoms with E-state index in [2.05, 4.69) is 43.3 Å². The fraction of sp³-hybridized carbons (Fsp3) is 0.750. The Kier molecular flexibility index (Phi) is 7.34. The van der Waals surface area contributed by atoms with Gasteiger partial charge in [0.2, 0.25) is 0 Å². The van der Waals surface area contributed by atoms with Crippen molar-refractivity contribution < 1.29 is 14.3 Å². The number of allylic oxidation sites excluding steroid dienone is 1. The molecule has 4 nitrogen and oxygen atoms in total. The van der Waals surface area contributed by atoms with E-state index in [-0.39, 0.29) is 12.1 Å². The second kappa shape index (κ2) is 8.42. The molecule has 0 aromatic rings. The van der Waals surface area contributed by atoms with E-state index in [0.29, 0.717) is 6.61 Å². The van der Waals surface area contributed by atoms with Gasteiger partial charge < -0.3 is 9.47 Å². The van der Waals surface area contributed by atoms with Crippen LogP contribution in [0.4, 0.5) is 4.79 Å². The summed E-state index contributed by atoms with van der Waals surface area (Å²) in [5.74, 6) is 3.29. The number of amides is 1. The van der Waals surface area contributed by atoms with Gasteiger partial charge in [0, 0.05) is 6.42 Å². The van der Waals surface area contributed by atoms with Crippen molar-refractivity contribution in [2.24, 2.45) is 0 Å². The lowest BCUT2D eigenvalue weighted by Crippen LogP contribution is -2.49. The number of carbonyl (C=O) groups excluding carboxylic acids is 1. The SMILES string of the molecule is CC(C)(C)OC(=O)N1[C@H](/C=C\CCCC#C[Si](C)(C)C)COC1(C)C. The van der Waals surface area contributed by atoms with Crippen LogP contribution >= 0.6 is 0 Å². The van der Waals surface area contributed by atoms with Crippen LogP contribution in [0, 0.1) is 11.5 Å². The van der Waals surface area contributed by atoms with E-state index in [1.54, 1.807) is 4.90 Å². The lowest BCUT2D eigenvalue weighted by atomic mass is 10.1. The molecular weight excluding hydrogens is 330 g/mol. The summed E-state index contributed by atoms with van der Waals surface area (Å²) >= 11 is 0. The maximum Gasteiger partial charge on any atom is 0.413 e. The van der Waals surface area contributed by atoms with Crippen molar-refractivity contribution in [1.29, 1.82) is 0 Å². The maximum absolute atomic E-state index is 12.5. The fourth-order valence-electron chi connectivity index (χ4n) is 2.53. The average molecular weight is 366 g/mol. The molecule has 0 spiro atoms. The molecule has 0 aromatic heterocycles. The topological polar surface area (TPSA) is 38.8 Å². The third-order valence-corrected chi connectivity index (χ3v) is 4.53. The van der Waals surface area contributed by atoms with Crippen LogP contribution in [-0.4, -0.2) is 43.0 Å². The first-order valence-electron chi connectivity index (χ1n) is 9.15. The summed E-state index contributed by atoms with van der Waals surface area (Å²) in [6.07, 6.45) is 6.78. The largest absolute Gasteiger partial charge is 0.444 e. The van der Waals surface area contributed by atoms with Crippen molar-refractivity contribution >= 4 is 14.2 Å². The van der Waals surface area contributed by atoms with Gasteiger partial charge in [0.25, 0.3) is 0 Å². The first-order valence-corrected chi connectivity index (χ1v) is 12.6. The number of hydrogen-bond donors (Lipinski definition) is 0. The van der Waals surface area contributed by atoms with Gasteiger partial charge in [-0.2, -0.15) is 0 Å². The second-order valence-corrected chi connectivity index (χ2v) is 13.8. The molecule has 0 bridgehead atoms. The van der Waals surface area contributed by atoms with E-state index in [0.717, 1.165) is 19.3 Å². The first kappa shape index (κ1) is 21.8. The maximum atomic E-state index is 12.5. The normalized spacial score (nSPS) is 20.5. The van der Waals surface area contributed by atoms with Gasteiger partial charge in [0.15, 0.2) is 0 Å². The Labute approximate surface area is 155 Å². The zero-order valence-corrected chi connectivity index (χ0v) is 18.2. The third-order valence-electron chi connectivity index (χ3n) is 3.60. The molecule has 0 unspecified atom stereocenters. The number of rotatable bonds is 4. The molecule has 1 heterocycles. The minimum atomic E-state index is -1.26. The van der Waals surface area contributed by atoms with Gasteiger partial charge >= 0.3 is 6.09 Å². The average Bonchev–Trinajstić information content (AvgIpc) is 2.69. The Morgan fingerprint density at radius 1 is 1.36 bits per heavy atom. The van der Waals surface area contributed by atoms with Crippen molar-refractivity contribution in [3.05, 3.63) is 12.2 Å². The lowest BCUT2D eigenvalue weighted by Gasteiger charge is -2.34. The standard InChI is InChI=1S/C20H35NO3Si/c1-19(2,3)24-18(22)21-17(16-23-20(21,4)5)14-12-10-9-11-13-15-25(6,7)8/h12,14,17H,9-11,16H2,1-8H3/b14-12-/t17-/m1/s1. The smallest absolute Gasteiger partial charge is 0.413 e. The molecule has 142 valence electrons. The molecule has 5 heteroatoms. The van der Waals surface area contributed by atoms with E-state index < -0.39 is 19.4 Å². The van der Waals surface area contributed by atoms with Gasteiger partial charge in [-0.25, -0.2) is 4.79 Å². The number of hydrogen-bond acceptors (Lipinski definition) is 3. The molecule has 0 aliphatic carbocycles. The zero-order chi connectivity index (χ0) is 19.3. The van der Waals surface area contributed by atoms with Crippen LogP contribution < -0.4 is 0 Å². The monoisotopic (exact) mass is 365 g/mol. The molecule has 0 N–H and O–H groups in total. The summed E-state index contributed by atoms with van der Waals surface area (Å²) in [6.45, 7) is 16.7. The van der Waals surface area contributed by atoms with Crippen LogP contribution in [0.15, 0.2) is 12.2 Å². The van der Waals surface area contributed by atoms with E-state index >= 15 is 0 Å². The van der Waals surface area contributed by atoms with Crippen LogP contribution in [0.3, 0.4) is 0 Å². The molecule has 0 aromatic carbocycles. The van der Waals surface area contributed by atoms with Crippen LogP contribution in [0.1, 0.15) is 53.9 Å². The Hall–Kier alpha value is -1.25. The van der Waals surface area contributed by atoms with Crippen molar-refractivity contribution in [2.75, 3.05) is 6.61 Å². The summed E-state index contributed by atoms with van der Waals surface area (Å²) in [7, 11) is -1.26. The Morgan fingerprint density at radius 3 is 2.56 bits per heavy atom. The van der Waals surface area contributed by atoms with E-state index in [4.69, 9.17) is 9.47 Å². The van der Waals surface area contributed by atoms with Gasteiger partial charge in [-0.15, -0.1) is 11.5 Å². The molecule has 1 aliphatic heterocycles. The lowest BCUT2D eigenvalue weighted by molar-refractivity contribution is -0.0610. The van der Waals surface area contributed by atoms with Gasteiger partial charge in [-0.05, 0) is 47.5 Å². The molecule has 1 saturated heterocycles. The molecule has 0 saturated carbocycles. The number of ether oxygens (including phenoxy) is 2. The van der Waals surface area contributed by atoms with Gasteiger partial charge in [0.1, 0.15) is 19.4 Å². The van der Waals surface area contributed by atoms with Crippen molar-refractivity contribution in [1.82, 2.24) is 4.90 Å². The Morgan fingerprint density at radius 2 is 2.00 bits per heavy atom. The molecule has 1 atom stereocenters. The van der Waals surface area contributed by atoms with Crippen molar-refractivity contribution in [2.45, 2.75) is 90.9 Å². The Bertz CT molecular complexity index is 544. The molecule has 1 rings (SSSR count). The van der Waals surface area contributed by atoms with E-state index in [9.17, 15) is 4.79 Å². The van der Waals surface area contributed by atoms with Crippen LogP contribution in [0.5, 0.6) is 0 Å². The summed E-state index contributed by atoms with van der Waals surface area (Å²) in [5, 5.41) is 0. The van der Waals surface area contributed by atoms with Gasteiger partial charge in [0.05, 0.1) is 12.6 Å². The Balaban J connectivity index is 2.58. The molecule has 0 radical (unpaired) electrons. The molecule has 1 fully saturated rings. The van der Waals surface area contributed by atoms with Crippen molar-refractivity contribution in [3.8, 4) is 11.5 Å². The molecular formula is C20H35NO3Si. The summed E-state index contributed by atoms with van der Waals surface area (Å²) in [5.41, 5.74) is 2.22. The number of nitrogens with zero attached hydrogens (tertiary/aromatic N) is 1. The summed E-state index contributed by atoms with van der Waals surface area (Å²) in [4.78, 5) is 14.2. The zero-order valence-electron chi connectivity index (χ0n) is 17.2. The predicted octanol–water partition coefficient (Wildman–Crippen LogP) is 4.97. The minimum Gasteiger partial charge on any atom is -0.444 e. The minimum absolute atomic E-state index is 0.0853. The van der Waals surface area contributed by atoms with E-state index in [1.165, 1.54) is 0 Å². The van der Waals surface area contributed by atoms with Crippen LogP contribution in [-0.2, 0) is 9.47 Å².